The van der Waals surface area contributed by atoms with Gasteiger partial charge in [-0.25, -0.2) is 0 Å². The van der Waals surface area contributed by atoms with E-state index in [2.05, 4.69) is 19.9 Å². The van der Waals surface area contributed by atoms with E-state index in [0.29, 0.717) is 0 Å². The number of ether oxygens (including phenoxy) is 1. The largest absolute Gasteiger partial charge is 0.364 e. The van der Waals surface area contributed by atoms with Gasteiger partial charge in [0.2, 0.25) is 0 Å². The van der Waals surface area contributed by atoms with E-state index < -0.39 is 10.1 Å². The van der Waals surface area contributed by atoms with Crippen LogP contribution < -0.4 is 0 Å². The van der Waals surface area contributed by atoms with Crippen LogP contribution in [-0.2, 0) is 19.0 Å². The Bertz CT molecular complexity index is 367. The molecule has 1 rings (SSSR count). The van der Waals surface area contributed by atoms with Crippen LogP contribution in [0.4, 0.5) is 0 Å². The molecule has 2 atom stereocenters. The topological polar surface area (TPSA) is 55.9 Å². The Morgan fingerprint density at radius 3 is 2.62 bits per heavy atom. The molecule has 0 radical (unpaired) electrons. The second-order valence-corrected chi connectivity index (χ2v) is 6.37. The average Bonchev–Trinajstić information content (AvgIpc) is 2.72. The van der Waals surface area contributed by atoms with Crippen LogP contribution in [0.25, 0.3) is 0 Å². The van der Waals surface area contributed by atoms with Gasteiger partial charge in [0.15, 0.2) is 0 Å². The minimum absolute atomic E-state index is 0.0900. The summed E-state index contributed by atoms with van der Waals surface area (Å²) in [5.74, 6) is 0. The predicted octanol–water partition coefficient (Wildman–Crippen LogP) is 1.87. The fourth-order valence-corrected chi connectivity index (χ4v) is 1.92. The molecule has 0 bridgehead atoms. The molecule has 1 saturated heterocycles. The zero-order valence-electron chi connectivity index (χ0n) is 10.3. The summed E-state index contributed by atoms with van der Waals surface area (Å²) in [6.07, 6.45) is 4.97. The summed E-state index contributed by atoms with van der Waals surface area (Å²) in [4.78, 5) is 0. The van der Waals surface area contributed by atoms with E-state index in [1.807, 2.05) is 6.92 Å². The summed E-state index contributed by atoms with van der Waals surface area (Å²) in [6, 6.07) is 0. The Morgan fingerprint density at radius 2 is 2.12 bits per heavy atom. The van der Waals surface area contributed by atoms with Crippen molar-refractivity contribution < 1.29 is 17.3 Å². The quantitative estimate of drug-likeness (QED) is 0.409. The molecule has 1 fully saturated rings. The molecular weight excluding hydrogens is 228 g/mol. The van der Waals surface area contributed by atoms with Crippen molar-refractivity contribution >= 4 is 10.1 Å². The maximum absolute atomic E-state index is 10.8. The lowest BCUT2D eigenvalue weighted by Gasteiger charge is -2.04. The fourth-order valence-electron chi connectivity index (χ4n) is 1.55. The van der Waals surface area contributed by atoms with E-state index in [1.165, 1.54) is 5.57 Å². The van der Waals surface area contributed by atoms with Crippen molar-refractivity contribution in [2.45, 2.75) is 45.3 Å². The third kappa shape index (κ3) is 4.63. The minimum Gasteiger partial charge on any atom is -0.364 e. The highest BCUT2D eigenvalue weighted by Gasteiger charge is 2.51. The Labute approximate surface area is 97.8 Å². The first kappa shape index (κ1) is 13.7. The second-order valence-electron chi connectivity index (χ2n) is 4.73. The molecule has 0 aromatic rings. The normalized spacial score (nSPS) is 28.9. The maximum Gasteiger partial charge on any atom is 0.264 e. The molecule has 4 nitrogen and oxygen atoms in total. The van der Waals surface area contributed by atoms with Gasteiger partial charge in [-0.15, -0.1) is 0 Å². The lowest BCUT2D eigenvalue weighted by Crippen LogP contribution is -2.16. The maximum atomic E-state index is 10.8. The first-order chi connectivity index (χ1) is 7.23. The number of allylic oxidation sites excluding steroid dienone is 2. The summed E-state index contributed by atoms with van der Waals surface area (Å²) < 4.78 is 31.8. The summed E-state index contributed by atoms with van der Waals surface area (Å²) in [5, 5.41) is 0. The molecule has 0 spiro atoms. The van der Waals surface area contributed by atoms with Crippen LogP contribution >= 0.6 is 0 Å². The number of hydrogen-bond acceptors (Lipinski definition) is 4. The van der Waals surface area contributed by atoms with Gasteiger partial charge < -0.3 is 4.74 Å². The lowest BCUT2D eigenvalue weighted by molar-refractivity contribution is 0.253. The summed E-state index contributed by atoms with van der Waals surface area (Å²) >= 11 is 0. The monoisotopic (exact) mass is 248 g/mol. The standard InChI is InChI=1S/C11H20O4S/c1-9(2)6-5-7-11(3)10(15-11)8-14-16(4,12)13/h6,10H,5,7-8H2,1-4H3. The molecule has 0 saturated carbocycles. The van der Waals surface area contributed by atoms with Gasteiger partial charge in [0.1, 0.15) is 6.10 Å². The predicted molar refractivity (Wildman–Crippen MR) is 62.7 cm³/mol. The highest BCUT2D eigenvalue weighted by atomic mass is 32.2. The molecule has 5 heteroatoms. The van der Waals surface area contributed by atoms with Crippen molar-refractivity contribution in [1.29, 1.82) is 0 Å². The molecule has 2 unspecified atom stereocenters. The van der Waals surface area contributed by atoms with Crippen LogP contribution in [0.5, 0.6) is 0 Å². The molecule has 0 N–H and O–H groups in total. The lowest BCUT2D eigenvalue weighted by atomic mass is 10.0. The summed E-state index contributed by atoms with van der Waals surface area (Å²) in [7, 11) is -3.36. The van der Waals surface area contributed by atoms with Crippen LogP contribution in [0.15, 0.2) is 11.6 Å². The molecule has 0 aromatic heterocycles. The van der Waals surface area contributed by atoms with Crippen LogP contribution in [0.3, 0.4) is 0 Å². The van der Waals surface area contributed by atoms with Crippen molar-refractivity contribution in [1.82, 2.24) is 0 Å². The van der Waals surface area contributed by atoms with E-state index in [4.69, 9.17) is 8.92 Å². The van der Waals surface area contributed by atoms with Gasteiger partial charge in [0.25, 0.3) is 10.1 Å². The van der Waals surface area contributed by atoms with Crippen LogP contribution in [0.2, 0.25) is 0 Å². The first-order valence-corrected chi connectivity index (χ1v) is 7.20. The third-order valence-corrected chi connectivity index (χ3v) is 3.23. The van der Waals surface area contributed by atoms with E-state index in [0.717, 1.165) is 19.1 Å². The van der Waals surface area contributed by atoms with Gasteiger partial charge in [-0.3, -0.25) is 4.18 Å². The molecule has 1 aliphatic rings. The summed E-state index contributed by atoms with van der Waals surface area (Å²) in [5.41, 5.74) is 1.07. The van der Waals surface area contributed by atoms with Crippen LogP contribution in [-0.4, -0.2) is 33.0 Å². The summed E-state index contributed by atoms with van der Waals surface area (Å²) in [6.45, 7) is 6.23. The van der Waals surface area contributed by atoms with E-state index in [-0.39, 0.29) is 18.3 Å². The number of rotatable bonds is 6. The average molecular weight is 248 g/mol. The molecule has 16 heavy (non-hydrogen) atoms. The minimum atomic E-state index is -3.36. The zero-order chi connectivity index (χ0) is 12.4. The van der Waals surface area contributed by atoms with Gasteiger partial charge in [-0.1, -0.05) is 11.6 Å². The second kappa shape index (κ2) is 4.85. The molecule has 94 valence electrons. The van der Waals surface area contributed by atoms with E-state index >= 15 is 0 Å². The van der Waals surface area contributed by atoms with Crippen molar-refractivity contribution in [2.24, 2.45) is 0 Å². The van der Waals surface area contributed by atoms with E-state index in [9.17, 15) is 8.42 Å². The van der Waals surface area contributed by atoms with Crippen LogP contribution in [0, 0.1) is 0 Å². The van der Waals surface area contributed by atoms with Crippen molar-refractivity contribution in [3.63, 3.8) is 0 Å². The molecule has 1 aliphatic heterocycles. The van der Waals surface area contributed by atoms with Crippen molar-refractivity contribution in [3.05, 3.63) is 11.6 Å². The zero-order valence-corrected chi connectivity index (χ0v) is 11.1. The van der Waals surface area contributed by atoms with Gasteiger partial charge in [-0.05, 0) is 33.6 Å². The fraction of sp³-hybridized carbons (Fsp3) is 0.818. The first-order valence-electron chi connectivity index (χ1n) is 5.38. The number of epoxide rings is 1. The molecule has 0 aliphatic carbocycles. The Balaban J connectivity index is 2.28. The van der Waals surface area contributed by atoms with Gasteiger partial charge in [0.05, 0.1) is 18.5 Å². The highest BCUT2D eigenvalue weighted by Crippen LogP contribution is 2.40. The van der Waals surface area contributed by atoms with Gasteiger partial charge >= 0.3 is 0 Å². The van der Waals surface area contributed by atoms with Crippen LogP contribution in [0.1, 0.15) is 33.6 Å². The Hall–Kier alpha value is -0.390. The van der Waals surface area contributed by atoms with Crippen molar-refractivity contribution in [2.75, 3.05) is 12.9 Å². The Morgan fingerprint density at radius 1 is 1.50 bits per heavy atom. The SMILES string of the molecule is CC(C)=CCCC1(C)OC1COS(C)(=O)=O. The number of hydrogen-bond donors (Lipinski definition) is 0. The smallest absolute Gasteiger partial charge is 0.264 e. The van der Waals surface area contributed by atoms with E-state index in [1.54, 1.807) is 0 Å². The third-order valence-electron chi connectivity index (χ3n) is 2.66. The molecular formula is C11H20O4S. The molecule has 0 aromatic carbocycles. The van der Waals surface area contributed by atoms with Gasteiger partial charge in [-0.2, -0.15) is 8.42 Å². The molecule has 0 amide bonds. The van der Waals surface area contributed by atoms with Gasteiger partial charge in [0, 0.05) is 0 Å². The highest BCUT2D eigenvalue weighted by molar-refractivity contribution is 7.85. The Kier molecular flexibility index (Phi) is 4.15. The van der Waals surface area contributed by atoms with Crippen molar-refractivity contribution in [3.8, 4) is 0 Å². The molecule has 1 heterocycles.